The minimum atomic E-state index is -0.152. The molecule has 0 atom stereocenters. The number of imidazole rings is 1. The van der Waals surface area contributed by atoms with Crippen LogP contribution < -0.4 is 4.74 Å². The first-order valence-electron chi connectivity index (χ1n) is 9.41. The van der Waals surface area contributed by atoms with Gasteiger partial charge in [0.2, 0.25) is 5.88 Å². The molecule has 8 nitrogen and oxygen atoms in total. The smallest absolute Gasteiger partial charge is 0.278 e. The molecular formula is C21H19N5O3. The summed E-state index contributed by atoms with van der Waals surface area (Å²) in [5.41, 5.74) is 2.89. The van der Waals surface area contributed by atoms with Crippen LogP contribution in [0.5, 0.6) is 11.6 Å². The minimum Gasteiger partial charge on any atom is -0.438 e. The van der Waals surface area contributed by atoms with E-state index in [4.69, 9.17) is 9.47 Å². The first-order chi connectivity index (χ1) is 14.3. The average Bonchev–Trinajstić information content (AvgIpc) is 3.43. The van der Waals surface area contributed by atoms with E-state index in [1.54, 1.807) is 15.5 Å². The number of ether oxygens (including phenoxy) is 2. The number of nitrogens with zero attached hydrogens (tertiary/aromatic N) is 4. The van der Waals surface area contributed by atoms with Gasteiger partial charge in [0.1, 0.15) is 11.4 Å². The summed E-state index contributed by atoms with van der Waals surface area (Å²) >= 11 is 0. The van der Waals surface area contributed by atoms with E-state index in [-0.39, 0.29) is 5.91 Å². The molecule has 1 amide bonds. The van der Waals surface area contributed by atoms with Crippen molar-refractivity contribution >= 4 is 11.6 Å². The van der Waals surface area contributed by atoms with E-state index in [0.29, 0.717) is 49.3 Å². The first-order valence-corrected chi connectivity index (χ1v) is 9.41. The Balaban J connectivity index is 1.49. The normalized spacial score (nSPS) is 14.3. The number of rotatable bonds is 4. The number of nitrogens with one attached hydrogen (secondary N) is 1. The van der Waals surface area contributed by atoms with Crippen molar-refractivity contribution in [2.75, 3.05) is 26.3 Å². The number of pyridine rings is 1. The molecule has 4 aromatic rings. The fourth-order valence-electron chi connectivity index (χ4n) is 3.36. The highest BCUT2D eigenvalue weighted by molar-refractivity contribution is 5.95. The standard InChI is InChI=1S/C21H19N5O3/c27-20(25-11-13-28-14-12-25)19-21(26-10-2-1-3-18(26)23-19)29-16-6-4-15(5-7-16)17-8-9-22-24-17/h1-10H,11-14H2,(H,22,24). The van der Waals surface area contributed by atoms with Gasteiger partial charge < -0.3 is 14.4 Å². The van der Waals surface area contributed by atoms with Gasteiger partial charge in [0.15, 0.2) is 5.69 Å². The number of hydrogen-bond acceptors (Lipinski definition) is 5. The van der Waals surface area contributed by atoms with E-state index >= 15 is 0 Å². The molecule has 29 heavy (non-hydrogen) atoms. The van der Waals surface area contributed by atoms with Gasteiger partial charge in [-0.15, -0.1) is 0 Å². The third-order valence-electron chi connectivity index (χ3n) is 4.87. The SMILES string of the molecule is O=C(c1nc2ccccn2c1Oc1ccc(-c2ccn[nH]2)cc1)N1CCOCC1. The molecule has 3 aromatic heterocycles. The maximum atomic E-state index is 13.1. The van der Waals surface area contributed by atoms with Crippen LogP contribution in [-0.2, 0) is 4.74 Å². The van der Waals surface area contributed by atoms with Gasteiger partial charge in [-0.3, -0.25) is 14.3 Å². The quantitative estimate of drug-likeness (QED) is 0.580. The maximum absolute atomic E-state index is 13.1. The molecular weight excluding hydrogens is 370 g/mol. The monoisotopic (exact) mass is 389 g/mol. The van der Waals surface area contributed by atoms with Crippen LogP contribution in [0.2, 0.25) is 0 Å². The zero-order valence-corrected chi connectivity index (χ0v) is 15.6. The summed E-state index contributed by atoms with van der Waals surface area (Å²) in [7, 11) is 0. The lowest BCUT2D eigenvalue weighted by Crippen LogP contribution is -2.41. The molecule has 0 spiro atoms. The summed E-state index contributed by atoms with van der Waals surface area (Å²) in [6.07, 6.45) is 3.55. The molecule has 1 aliphatic rings. The highest BCUT2D eigenvalue weighted by Gasteiger charge is 2.27. The van der Waals surface area contributed by atoms with E-state index in [2.05, 4.69) is 15.2 Å². The second kappa shape index (κ2) is 7.40. The molecule has 0 unspecified atom stereocenters. The van der Waals surface area contributed by atoms with Crippen molar-refractivity contribution in [2.24, 2.45) is 0 Å². The van der Waals surface area contributed by atoms with Crippen LogP contribution in [0.3, 0.4) is 0 Å². The Morgan fingerprint density at radius 3 is 2.66 bits per heavy atom. The second-order valence-electron chi connectivity index (χ2n) is 6.70. The summed E-state index contributed by atoms with van der Waals surface area (Å²) < 4.78 is 13.3. The molecule has 1 saturated heterocycles. The molecule has 1 aromatic carbocycles. The van der Waals surface area contributed by atoms with Crippen LogP contribution >= 0.6 is 0 Å². The number of hydrogen-bond donors (Lipinski definition) is 1. The predicted molar refractivity (Wildman–Crippen MR) is 106 cm³/mol. The van der Waals surface area contributed by atoms with Crippen molar-refractivity contribution in [3.63, 3.8) is 0 Å². The Morgan fingerprint density at radius 2 is 1.90 bits per heavy atom. The van der Waals surface area contributed by atoms with Gasteiger partial charge in [-0.2, -0.15) is 5.10 Å². The summed E-state index contributed by atoms with van der Waals surface area (Å²) in [5.74, 6) is 0.877. The number of fused-ring (bicyclic) bond motifs is 1. The van der Waals surface area contributed by atoms with Crippen molar-refractivity contribution in [1.82, 2.24) is 24.5 Å². The van der Waals surface area contributed by atoms with Gasteiger partial charge in [-0.25, -0.2) is 4.98 Å². The van der Waals surface area contributed by atoms with E-state index in [9.17, 15) is 4.79 Å². The van der Waals surface area contributed by atoms with Gasteiger partial charge in [0.05, 0.1) is 18.9 Å². The molecule has 0 radical (unpaired) electrons. The zero-order valence-electron chi connectivity index (χ0n) is 15.6. The van der Waals surface area contributed by atoms with Crippen LogP contribution in [0, 0.1) is 0 Å². The topological polar surface area (TPSA) is 84.8 Å². The number of aromatic nitrogens is 4. The Morgan fingerprint density at radius 1 is 1.07 bits per heavy atom. The maximum Gasteiger partial charge on any atom is 0.278 e. The predicted octanol–water partition coefficient (Wildman–Crippen LogP) is 2.99. The highest BCUT2D eigenvalue weighted by Crippen LogP contribution is 2.29. The van der Waals surface area contributed by atoms with Crippen molar-refractivity contribution < 1.29 is 14.3 Å². The third-order valence-corrected chi connectivity index (χ3v) is 4.87. The van der Waals surface area contributed by atoms with Crippen molar-refractivity contribution in [3.05, 3.63) is 66.6 Å². The largest absolute Gasteiger partial charge is 0.438 e. The number of aromatic amines is 1. The number of benzene rings is 1. The Bertz CT molecular complexity index is 1130. The Hall–Kier alpha value is -3.65. The summed E-state index contributed by atoms with van der Waals surface area (Å²) in [6, 6.07) is 15.1. The fourth-order valence-corrected chi connectivity index (χ4v) is 3.36. The minimum absolute atomic E-state index is 0.152. The molecule has 1 N–H and O–H groups in total. The molecule has 1 fully saturated rings. The number of morpholine rings is 1. The molecule has 4 heterocycles. The summed E-state index contributed by atoms with van der Waals surface area (Å²) in [6.45, 7) is 2.16. The zero-order chi connectivity index (χ0) is 19.6. The number of carbonyl (C=O) groups is 1. The Kier molecular flexibility index (Phi) is 4.45. The van der Waals surface area contributed by atoms with E-state index in [0.717, 1.165) is 11.3 Å². The van der Waals surface area contributed by atoms with Gasteiger partial charge in [0, 0.05) is 25.5 Å². The fraction of sp³-hybridized carbons (Fsp3) is 0.190. The van der Waals surface area contributed by atoms with Gasteiger partial charge >= 0.3 is 0 Å². The Labute approximate surface area is 166 Å². The number of carbonyl (C=O) groups excluding carboxylic acids is 1. The van der Waals surface area contributed by atoms with Crippen LogP contribution in [0.1, 0.15) is 10.5 Å². The van der Waals surface area contributed by atoms with Crippen molar-refractivity contribution in [3.8, 4) is 22.9 Å². The van der Waals surface area contributed by atoms with Crippen LogP contribution in [0.15, 0.2) is 60.9 Å². The average molecular weight is 389 g/mol. The van der Waals surface area contributed by atoms with E-state index in [1.807, 2.05) is 54.7 Å². The molecule has 0 bridgehead atoms. The summed E-state index contributed by atoms with van der Waals surface area (Å²) in [4.78, 5) is 19.4. The molecule has 8 heteroatoms. The van der Waals surface area contributed by atoms with E-state index < -0.39 is 0 Å². The summed E-state index contributed by atoms with van der Waals surface area (Å²) in [5, 5.41) is 6.91. The van der Waals surface area contributed by atoms with Crippen LogP contribution in [-0.4, -0.2) is 56.7 Å². The molecule has 0 aliphatic carbocycles. The first kappa shape index (κ1) is 17.4. The lowest BCUT2D eigenvalue weighted by Gasteiger charge is -2.26. The number of amides is 1. The molecule has 1 aliphatic heterocycles. The van der Waals surface area contributed by atoms with Gasteiger partial charge in [-0.1, -0.05) is 6.07 Å². The van der Waals surface area contributed by atoms with Crippen molar-refractivity contribution in [1.29, 1.82) is 0 Å². The van der Waals surface area contributed by atoms with Crippen LogP contribution in [0.25, 0.3) is 16.9 Å². The van der Waals surface area contributed by atoms with E-state index in [1.165, 1.54) is 0 Å². The highest BCUT2D eigenvalue weighted by atomic mass is 16.5. The number of H-pyrrole nitrogens is 1. The lowest BCUT2D eigenvalue weighted by molar-refractivity contribution is 0.0297. The molecule has 5 rings (SSSR count). The second-order valence-corrected chi connectivity index (χ2v) is 6.70. The van der Waals surface area contributed by atoms with Gasteiger partial charge in [-0.05, 0) is 48.0 Å². The van der Waals surface area contributed by atoms with Gasteiger partial charge in [0.25, 0.3) is 5.91 Å². The third kappa shape index (κ3) is 3.34. The van der Waals surface area contributed by atoms with Crippen LogP contribution in [0.4, 0.5) is 0 Å². The molecule has 146 valence electrons. The molecule has 0 saturated carbocycles. The van der Waals surface area contributed by atoms with Crippen molar-refractivity contribution in [2.45, 2.75) is 0 Å². The lowest BCUT2D eigenvalue weighted by atomic mass is 10.1.